The number of halogens is 1. The van der Waals surface area contributed by atoms with Gasteiger partial charge in [-0.25, -0.2) is 8.42 Å². The summed E-state index contributed by atoms with van der Waals surface area (Å²) in [5, 5.41) is 11.0. The van der Waals surface area contributed by atoms with E-state index in [0.29, 0.717) is 18.9 Å². The minimum atomic E-state index is -3.53. The second-order valence-electron chi connectivity index (χ2n) is 4.70. The van der Waals surface area contributed by atoms with E-state index in [1.165, 1.54) is 10.4 Å². The minimum Gasteiger partial charge on any atom is -0.363 e. The molecule has 1 aromatic carbocycles. The SMILES string of the molecule is O=S(=O)(c1ccccc1Cl)N1CC(Nc2cccnn2)C1. The van der Waals surface area contributed by atoms with Gasteiger partial charge in [-0.15, -0.1) is 5.10 Å². The van der Waals surface area contributed by atoms with E-state index in [-0.39, 0.29) is 16.0 Å². The highest BCUT2D eigenvalue weighted by molar-refractivity contribution is 7.89. The third-order valence-electron chi connectivity index (χ3n) is 3.23. The van der Waals surface area contributed by atoms with Crippen LogP contribution in [-0.2, 0) is 10.0 Å². The molecule has 6 nitrogen and oxygen atoms in total. The topological polar surface area (TPSA) is 75.2 Å². The van der Waals surface area contributed by atoms with Crippen molar-refractivity contribution in [2.75, 3.05) is 18.4 Å². The molecule has 2 aromatic rings. The largest absolute Gasteiger partial charge is 0.363 e. The zero-order valence-electron chi connectivity index (χ0n) is 11.0. The number of aromatic nitrogens is 2. The quantitative estimate of drug-likeness (QED) is 0.925. The number of benzene rings is 1. The van der Waals surface area contributed by atoms with Gasteiger partial charge in [0, 0.05) is 19.3 Å². The number of nitrogens with zero attached hydrogens (tertiary/aromatic N) is 3. The van der Waals surface area contributed by atoms with Crippen molar-refractivity contribution in [3.63, 3.8) is 0 Å². The fourth-order valence-corrected chi connectivity index (χ4v) is 4.13. The Hall–Kier alpha value is -1.70. The van der Waals surface area contributed by atoms with Gasteiger partial charge in [0.15, 0.2) is 0 Å². The monoisotopic (exact) mass is 324 g/mol. The number of nitrogens with one attached hydrogen (secondary N) is 1. The fourth-order valence-electron chi connectivity index (χ4n) is 2.11. The summed E-state index contributed by atoms with van der Waals surface area (Å²) in [6, 6.07) is 10.0. The lowest BCUT2D eigenvalue weighted by Gasteiger charge is -2.38. The maximum atomic E-state index is 12.4. The Morgan fingerprint density at radius 2 is 1.95 bits per heavy atom. The molecule has 110 valence electrons. The van der Waals surface area contributed by atoms with Crippen LogP contribution in [0.1, 0.15) is 0 Å². The third-order valence-corrected chi connectivity index (χ3v) is 5.56. The van der Waals surface area contributed by atoms with Crippen LogP contribution in [0.4, 0.5) is 5.82 Å². The molecule has 8 heteroatoms. The highest BCUT2D eigenvalue weighted by atomic mass is 35.5. The molecule has 0 unspecified atom stereocenters. The molecule has 0 bridgehead atoms. The lowest BCUT2D eigenvalue weighted by Crippen LogP contribution is -2.56. The lowest BCUT2D eigenvalue weighted by molar-refractivity contribution is 0.280. The standard InChI is InChI=1S/C13H13ClN4O2S/c14-11-4-1-2-5-12(11)21(19,20)18-8-10(9-18)16-13-6-3-7-15-17-13/h1-7,10H,8-9H2,(H,16,17). The van der Waals surface area contributed by atoms with Crippen molar-refractivity contribution in [3.8, 4) is 0 Å². The third kappa shape index (κ3) is 2.85. The predicted octanol–water partition coefficient (Wildman–Crippen LogP) is 1.61. The Balaban J connectivity index is 1.67. The molecule has 0 spiro atoms. The second kappa shape index (κ2) is 5.59. The second-order valence-corrected chi connectivity index (χ2v) is 7.02. The van der Waals surface area contributed by atoms with E-state index in [4.69, 9.17) is 11.6 Å². The normalized spacial score (nSPS) is 16.4. The molecule has 1 aliphatic rings. The van der Waals surface area contributed by atoms with E-state index in [9.17, 15) is 8.42 Å². The summed E-state index contributed by atoms with van der Waals surface area (Å²) in [6.07, 6.45) is 1.58. The number of anilines is 1. The van der Waals surface area contributed by atoms with Crippen molar-refractivity contribution in [3.05, 3.63) is 47.6 Å². The summed E-state index contributed by atoms with van der Waals surface area (Å²) < 4.78 is 26.2. The van der Waals surface area contributed by atoms with Crippen LogP contribution in [0, 0.1) is 0 Å². The highest BCUT2D eigenvalue weighted by Gasteiger charge is 2.37. The van der Waals surface area contributed by atoms with Gasteiger partial charge in [0.05, 0.1) is 11.1 Å². The Bertz CT molecular complexity index is 733. The van der Waals surface area contributed by atoms with Crippen LogP contribution in [0.25, 0.3) is 0 Å². The summed E-state index contributed by atoms with van der Waals surface area (Å²) in [6.45, 7) is 0.758. The van der Waals surface area contributed by atoms with Gasteiger partial charge < -0.3 is 5.32 Å². The van der Waals surface area contributed by atoms with Crippen LogP contribution in [0.5, 0.6) is 0 Å². The van der Waals surface area contributed by atoms with Crippen molar-refractivity contribution in [1.29, 1.82) is 0 Å². The molecule has 0 radical (unpaired) electrons. The molecule has 1 N–H and O–H groups in total. The van der Waals surface area contributed by atoms with Gasteiger partial charge in [-0.05, 0) is 24.3 Å². The molecule has 0 amide bonds. The molecule has 1 fully saturated rings. The van der Waals surface area contributed by atoms with E-state index in [1.54, 1.807) is 36.5 Å². The van der Waals surface area contributed by atoms with E-state index >= 15 is 0 Å². The summed E-state index contributed by atoms with van der Waals surface area (Å²) in [7, 11) is -3.53. The zero-order chi connectivity index (χ0) is 14.9. The first-order valence-electron chi connectivity index (χ1n) is 6.36. The van der Waals surface area contributed by atoms with Crippen LogP contribution in [0.15, 0.2) is 47.5 Å². The Morgan fingerprint density at radius 3 is 2.62 bits per heavy atom. The Morgan fingerprint density at radius 1 is 1.19 bits per heavy atom. The van der Waals surface area contributed by atoms with Crippen molar-refractivity contribution in [2.24, 2.45) is 0 Å². The molecule has 1 aliphatic heterocycles. The van der Waals surface area contributed by atoms with E-state index in [2.05, 4.69) is 15.5 Å². The maximum absolute atomic E-state index is 12.4. The van der Waals surface area contributed by atoms with E-state index in [1.807, 2.05) is 0 Å². The minimum absolute atomic E-state index is 0.0268. The predicted molar refractivity (Wildman–Crippen MR) is 79.7 cm³/mol. The van der Waals surface area contributed by atoms with Crippen LogP contribution >= 0.6 is 11.6 Å². The molecule has 1 aromatic heterocycles. The van der Waals surface area contributed by atoms with Gasteiger partial charge in [-0.1, -0.05) is 23.7 Å². The summed E-state index contributed by atoms with van der Waals surface area (Å²) >= 11 is 5.96. The van der Waals surface area contributed by atoms with Crippen molar-refractivity contribution in [1.82, 2.24) is 14.5 Å². The van der Waals surface area contributed by atoms with Gasteiger partial charge in [-0.2, -0.15) is 9.40 Å². The molecule has 3 rings (SSSR count). The van der Waals surface area contributed by atoms with Crippen molar-refractivity contribution < 1.29 is 8.42 Å². The smallest absolute Gasteiger partial charge is 0.244 e. The Labute approximate surface area is 127 Å². The average molecular weight is 325 g/mol. The van der Waals surface area contributed by atoms with Gasteiger partial charge in [0.1, 0.15) is 10.7 Å². The number of rotatable bonds is 4. The first kappa shape index (κ1) is 14.2. The summed E-state index contributed by atoms with van der Waals surface area (Å²) in [5.74, 6) is 0.636. The van der Waals surface area contributed by atoms with Crippen LogP contribution in [0.2, 0.25) is 5.02 Å². The van der Waals surface area contributed by atoms with Crippen molar-refractivity contribution >= 4 is 27.4 Å². The van der Waals surface area contributed by atoms with E-state index in [0.717, 1.165) is 0 Å². The van der Waals surface area contributed by atoms with Crippen LogP contribution in [0.3, 0.4) is 0 Å². The first-order valence-corrected chi connectivity index (χ1v) is 8.18. The molecule has 2 heterocycles. The maximum Gasteiger partial charge on any atom is 0.244 e. The molecule has 0 aliphatic carbocycles. The van der Waals surface area contributed by atoms with Gasteiger partial charge in [0.25, 0.3) is 0 Å². The number of sulfonamides is 1. The lowest BCUT2D eigenvalue weighted by atomic mass is 10.2. The van der Waals surface area contributed by atoms with E-state index < -0.39 is 10.0 Å². The molecular formula is C13H13ClN4O2S. The van der Waals surface area contributed by atoms with Gasteiger partial charge >= 0.3 is 0 Å². The number of hydrogen-bond acceptors (Lipinski definition) is 5. The fraction of sp³-hybridized carbons (Fsp3) is 0.231. The molecule has 0 saturated carbocycles. The van der Waals surface area contributed by atoms with Crippen LogP contribution < -0.4 is 5.32 Å². The van der Waals surface area contributed by atoms with Crippen LogP contribution in [-0.4, -0.2) is 42.1 Å². The molecule has 21 heavy (non-hydrogen) atoms. The van der Waals surface area contributed by atoms with Gasteiger partial charge in [0.2, 0.25) is 10.0 Å². The number of hydrogen-bond donors (Lipinski definition) is 1. The molecule has 1 saturated heterocycles. The summed E-state index contributed by atoms with van der Waals surface area (Å²) in [5.41, 5.74) is 0. The van der Waals surface area contributed by atoms with Crippen molar-refractivity contribution in [2.45, 2.75) is 10.9 Å². The Kier molecular flexibility index (Phi) is 3.79. The molecule has 0 atom stereocenters. The zero-order valence-corrected chi connectivity index (χ0v) is 12.5. The van der Waals surface area contributed by atoms with Gasteiger partial charge in [-0.3, -0.25) is 0 Å². The first-order chi connectivity index (χ1) is 10.1. The average Bonchev–Trinajstić information content (AvgIpc) is 2.43. The highest BCUT2D eigenvalue weighted by Crippen LogP contribution is 2.27. The summed E-state index contributed by atoms with van der Waals surface area (Å²) in [4.78, 5) is 0.143. The molecular weight excluding hydrogens is 312 g/mol.